The molecule has 2 amide bonds. The molecule has 2 N–H and O–H groups in total. The minimum Gasteiger partial charge on any atom is -0.326 e. The Morgan fingerprint density at radius 2 is 1.80 bits per heavy atom. The standard InChI is InChI=1S/C22H26N2O4S2/c1-13(2)16-5-7-17(8-6-16)23-21(25)14(3)12-30(27,28)18-9-10-20-19(11-18)24-22(26)15(4)29-20/h5-11,13-15H,12H2,1-4H3,(H,23,25)(H,24,26)/t14-,15-/m1/s1. The zero-order chi connectivity index (χ0) is 22.1. The number of nitrogens with one attached hydrogen (secondary N) is 2. The van der Waals surface area contributed by atoms with Crippen molar-refractivity contribution in [3.05, 3.63) is 48.0 Å². The molecule has 2 atom stereocenters. The van der Waals surface area contributed by atoms with E-state index in [-0.39, 0.29) is 27.7 Å². The van der Waals surface area contributed by atoms with Gasteiger partial charge in [-0.15, -0.1) is 11.8 Å². The van der Waals surface area contributed by atoms with Crippen molar-refractivity contribution in [3.63, 3.8) is 0 Å². The van der Waals surface area contributed by atoms with E-state index in [4.69, 9.17) is 0 Å². The molecule has 0 aliphatic carbocycles. The van der Waals surface area contributed by atoms with Crippen molar-refractivity contribution >= 4 is 44.8 Å². The van der Waals surface area contributed by atoms with Gasteiger partial charge in [0.1, 0.15) is 0 Å². The molecule has 1 aliphatic rings. The summed E-state index contributed by atoms with van der Waals surface area (Å²) in [5.41, 5.74) is 2.29. The fourth-order valence-corrected chi connectivity index (χ4v) is 5.60. The van der Waals surface area contributed by atoms with Crippen LogP contribution in [0, 0.1) is 5.92 Å². The van der Waals surface area contributed by atoms with Gasteiger partial charge in [0.25, 0.3) is 0 Å². The minimum atomic E-state index is -3.70. The van der Waals surface area contributed by atoms with E-state index < -0.39 is 15.8 Å². The van der Waals surface area contributed by atoms with Crippen molar-refractivity contribution in [2.45, 2.75) is 48.7 Å². The van der Waals surface area contributed by atoms with E-state index in [9.17, 15) is 18.0 Å². The van der Waals surface area contributed by atoms with Crippen LogP contribution in [0.4, 0.5) is 11.4 Å². The third-order valence-corrected chi connectivity index (χ3v) is 8.09. The normalized spacial score (nSPS) is 17.2. The van der Waals surface area contributed by atoms with Crippen LogP contribution in [0.25, 0.3) is 0 Å². The Morgan fingerprint density at radius 3 is 2.43 bits per heavy atom. The Balaban J connectivity index is 1.69. The molecule has 2 aromatic rings. The van der Waals surface area contributed by atoms with Gasteiger partial charge >= 0.3 is 0 Å². The predicted octanol–water partition coefficient (Wildman–Crippen LogP) is 4.29. The van der Waals surface area contributed by atoms with Crippen LogP contribution < -0.4 is 10.6 Å². The van der Waals surface area contributed by atoms with E-state index in [1.54, 1.807) is 19.9 Å². The number of sulfone groups is 1. The van der Waals surface area contributed by atoms with E-state index >= 15 is 0 Å². The molecule has 3 rings (SSSR count). The van der Waals surface area contributed by atoms with Crippen molar-refractivity contribution in [3.8, 4) is 0 Å². The van der Waals surface area contributed by atoms with Gasteiger partial charge in [-0.1, -0.05) is 32.9 Å². The molecular formula is C22H26N2O4S2. The number of hydrogen-bond donors (Lipinski definition) is 2. The van der Waals surface area contributed by atoms with Crippen molar-refractivity contribution in [2.24, 2.45) is 5.92 Å². The number of anilines is 2. The first-order chi connectivity index (χ1) is 14.1. The molecule has 0 spiro atoms. The van der Waals surface area contributed by atoms with Crippen molar-refractivity contribution in [2.75, 3.05) is 16.4 Å². The second-order valence-electron chi connectivity index (χ2n) is 7.86. The Labute approximate surface area is 181 Å². The number of hydrogen-bond acceptors (Lipinski definition) is 5. The maximum Gasteiger partial charge on any atom is 0.237 e. The Hall–Kier alpha value is -2.32. The van der Waals surface area contributed by atoms with Crippen molar-refractivity contribution in [1.82, 2.24) is 0 Å². The monoisotopic (exact) mass is 446 g/mol. The van der Waals surface area contributed by atoms with Crippen LogP contribution >= 0.6 is 11.8 Å². The number of carbonyl (C=O) groups is 2. The van der Waals surface area contributed by atoms with Crippen LogP contribution in [-0.4, -0.2) is 31.2 Å². The summed E-state index contributed by atoms with van der Waals surface area (Å²) in [6, 6.07) is 12.2. The van der Waals surface area contributed by atoms with Gasteiger partial charge in [0.2, 0.25) is 11.8 Å². The second-order valence-corrected chi connectivity index (χ2v) is 11.3. The molecule has 0 unspecified atom stereocenters. The summed E-state index contributed by atoms with van der Waals surface area (Å²) in [6.45, 7) is 7.56. The summed E-state index contributed by atoms with van der Waals surface area (Å²) >= 11 is 1.39. The molecule has 0 radical (unpaired) electrons. The molecule has 0 bridgehead atoms. The molecule has 0 aromatic heterocycles. The van der Waals surface area contributed by atoms with E-state index in [0.717, 1.165) is 10.5 Å². The van der Waals surface area contributed by atoms with Crippen molar-refractivity contribution < 1.29 is 18.0 Å². The highest BCUT2D eigenvalue weighted by Gasteiger charge is 2.27. The topological polar surface area (TPSA) is 92.3 Å². The molecule has 8 heteroatoms. The Kier molecular flexibility index (Phi) is 6.57. The highest BCUT2D eigenvalue weighted by Crippen LogP contribution is 2.37. The molecule has 0 saturated carbocycles. The van der Waals surface area contributed by atoms with Crippen LogP contribution in [0.1, 0.15) is 39.2 Å². The number of thioether (sulfide) groups is 1. The predicted molar refractivity (Wildman–Crippen MR) is 121 cm³/mol. The zero-order valence-corrected chi connectivity index (χ0v) is 19.1. The SMILES string of the molecule is CC(C)c1ccc(NC(=O)[C@H](C)CS(=O)(=O)c2ccc3c(c2)NC(=O)[C@@H](C)S3)cc1. The quantitative estimate of drug-likeness (QED) is 0.691. The van der Waals surface area contributed by atoms with Crippen LogP contribution in [0.5, 0.6) is 0 Å². The summed E-state index contributed by atoms with van der Waals surface area (Å²) in [5.74, 6) is -1.18. The Bertz CT molecular complexity index is 1060. The van der Waals surface area contributed by atoms with E-state index in [1.807, 2.05) is 24.3 Å². The lowest BCUT2D eigenvalue weighted by Gasteiger charge is -2.22. The van der Waals surface area contributed by atoms with Gasteiger partial charge in [-0.3, -0.25) is 9.59 Å². The van der Waals surface area contributed by atoms with Gasteiger partial charge in [0, 0.05) is 16.5 Å². The van der Waals surface area contributed by atoms with Gasteiger partial charge in [0.05, 0.1) is 21.6 Å². The summed E-state index contributed by atoms with van der Waals surface area (Å²) in [4.78, 5) is 25.3. The summed E-state index contributed by atoms with van der Waals surface area (Å²) in [5, 5.41) is 5.29. The third kappa shape index (κ3) is 5.05. The molecule has 160 valence electrons. The van der Waals surface area contributed by atoms with Gasteiger partial charge in [0.15, 0.2) is 9.84 Å². The van der Waals surface area contributed by atoms with E-state index in [0.29, 0.717) is 17.3 Å². The maximum atomic E-state index is 12.9. The zero-order valence-electron chi connectivity index (χ0n) is 17.4. The molecule has 6 nitrogen and oxygen atoms in total. The molecule has 1 aliphatic heterocycles. The van der Waals surface area contributed by atoms with E-state index in [1.165, 1.54) is 23.9 Å². The van der Waals surface area contributed by atoms with E-state index in [2.05, 4.69) is 24.5 Å². The molecule has 0 fully saturated rings. The number of amides is 2. The molecular weight excluding hydrogens is 420 g/mol. The first-order valence-electron chi connectivity index (χ1n) is 9.82. The van der Waals surface area contributed by atoms with Gasteiger partial charge in [-0.25, -0.2) is 8.42 Å². The molecule has 2 aromatic carbocycles. The lowest BCUT2D eigenvalue weighted by atomic mass is 10.0. The minimum absolute atomic E-state index is 0.0950. The summed E-state index contributed by atoms with van der Waals surface area (Å²) in [6.07, 6.45) is 0. The van der Waals surface area contributed by atoms with Gasteiger partial charge < -0.3 is 10.6 Å². The first-order valence-corrected chi connectivity index (χ1v) is 12.3. The van der Waals surface area contributed by atoms with Crippen molar-refractivity contribution in [1.29, 1.82) is 0 Å². The highest BCUT2D eigenvalue weighted by molar-refractivity contribution is 8.01. The number of benzene rings is 2. The van der Waals surface area contributed by atoms with Crippen LogP contribution in [0.2, 0.25) is 0 Å². The largest absolute Gasteiger partial charge is 0.326 e. The average Bonchev–Trinajstić information content (AvgIpc) is 2.68. The van der Waals surface area contributed by atoms with Gasteiger partial charge in [-0.05, 0) is 48.7 Å². The fraction of sp³-hybridized carbons (Fsp3) is 0.364. The van der Waals surface area contributed by atoms with Crippen LogP contribution in [0.3, 0.4) is 0 Å². The number of fused-ring (bicyclic) bond motifs is 1. The summed E-state index contributed by atoms with van der Waals surface area (Å²) < 4.78 is 25.7. The Morgan fingerprint density at radius 1 is 1.13 bits per heavy atom. The highest BCUT2D eigenvalue weighted by atomic mass is 32.2. The third-order valence-electron chi connectivity index (χ3n) is 5.00. The fourth-order valence-electron chi connectivity index (χ4n) is 3.10. The number of rotatable bonds is 6. The maximum absolute atomic E-state index is 12.9. The lowest BCUT2D eigenvalue weighted by molar-refractivity contribution is -0.119. The average molecular weight is 447 g/mol. The molecule has 30 heavy (non-hydrogen) atoms. The summed E-state index contributed by atoms with van der Waals surface area (Å²) in [7, 11) is -3.70. The molecule has 0 saturated heterocycles. The van der Waals surface area contributed by atoms with Crippen LogP contribution in [0.15, 0.2) is 52.3 Å². The lowest BCUT2D eigenvalue weighted by Crippen LogP contribution is -2.28. The van der Waals surface area contributed by atoms with Gasteiger partial charge in [-0.2, -0.15) is 0 Å². The number of carbonyl (C=O) groups excluding carboxylic acids is 2. The smallest absolute Gasteiger partial charge is 0.237 e. The van der Waals surface area contributed by atoms with Crippen LogP contribution in [-0.2, 0) is 19.4 Å². The molecule has 1 heterocycles. The second kappa shape index (κ2) is 8.81. The first kappa shape index (κ1) is 22.4.